The van der Waals surface area contributed by atoms with E-state index in [1.165, 1.54) is 11.3 Å². The number of anilines is 1. The Balaban J connectivity index is 1.48. The minimum absolute atomic E-state index is 0.364. The highest BCUT2D eigenvalue weighted by Crippen LogP contribution is 2.26. The van der Waals surface area contributed by atoms with Crippen LogP contribution in [0.1, 0.15) is 15.9 Å². The van der Waals surface area contributed by atoms with Gasteiger partial charge < -0.3 is 4.74 Å². The summed E-state index contributed by atoms with van der Waals surface area (Å²) in [5, 5.41) is 5.11. The van der Waals surface area contributed by atoms with E-state index in [-0.39, 0.29) is 5.91 Å². The third kappa shape index (κ3) is 3.16. The molecule has 25 heavy (non-hydrogen) atoms. The zero-order valence-electron chi connectivity index (χ0n) is 13.1. The van der Waals surface area contributed by atoms with Crippen LogP contribution in [0.3, 0.4) is 0 Å². The number of esters is 1. The van der Waals surface area contributed by atoms with Gasteiger partial charge in [-0.1, -0.05) is 48.5 Å². The van der Waals surface area contributed by atoms with Crippen molar-refractivity contribution in [1.29, 1.82) is 0 Å². The van der Waals surface area contributed by atoms with Crippen molar-refractivity contribution >= 4 is 28.3 Å². The number of rotatable bonds is 3. The number of aromatic nitrogens is 1. The minimum Gasteiger partial charge on any atom is -0.448 e. The Morgan fingerprint density at radius 3 is 2.72 bits per heavy atom. The standard InChI is InChI=1S/C19H14N2O3S/c22-17(16-10-13-8-4-5-9-14(13)18(23)24-16)21-19-20-15(11-25-19)12-6-2-1-3-7-12/h1-9,11,16H,10H2,(H,20,21,22)/t16-/m1/s1. The van der Waals surface area contributed by atoms with Crippen molar-refractivity contribution in [2.75, 3.05) is 5.32 Å². The van der Waals surface area contributed by atoms with E-state index in [0.717, 1.165) is 16.8 Å². The molecule has 1 aliphatic heterocycles. The normalized spacial score (nSPS) is 16.0. The summed E-state index contributed by atoms with van der Waals surface area (Å²) < 4.78 is 5.26. The van der Waals surface area contributed by atoms with Crippen LogP contribution in [0.2, 0.25) is 0 Å². The maximum absolute atomic E-state index is 12.4. The van der Waals surface area contributed by atoms with Crippen LogP contribution in [0.25, 0.3) is 11.3 Å². The molecular weight excluding hydrogens is 336 g/mol. The number of hydrogen-bond acceptors (Lipinski definition) is 5. The second kappa shape index (κ2) is 6.49. The molecule has 0 saturated heterocycles. The van der Waals surface area contributed by atoms with Gasteiger partial charge in [0.15, 0.2) is 11.2 Å². The lowest BCUT2D eigenvalue weighted by Gasteiger charge is -2.23. The molecule has 5 nitrogen and oxygen atoms in total. The van der Waals surface area contributed by atoms with Gasteiger partial charge in [0.1, 0.15) is 0 Å². The lowest BCUT2D eigenvalue weighted by molar-refractivity contribution is -0.125. The molecule has 3 aromatic rings. The van der Waals surface area contributed by atoms with E-state index in [1.807, 2.05) is 47.8 Å². The van der Waals surface area contributed by atoms with Crippen LogP contribution in [0, 0.1) is 0 Å². The van der Waals surface area contributed by atoms with Crippen molar-refractivity contribution in [2.24, 2.45) is 0 Å². The third-order valence-electron chi connectivity index (χ3n) is 3.99. The molecule has 2 aromatic carbocycles. The Morgan fingerprint density at radius 1 is 1.12 bits per heavy atom. The van der Waals surface area contributed by atoms with Crippen LogP contribution in [-0.2, 0) is 16.0 Å². The number of thiazole rings is 1. The zero-order chi connectivity index (χ0) is 17.2. The van der Waals surface area contributed by atoms with Gasteiger partial charge in [0.05, 0.1) is 11.3 Å². The number of fused-ring (bicyclic) bond motifs is 1. The maximum Gasteiger partial charge on any atom is 0.339 e. The molecule has 1 N–H and O–H groups in total. The second-order valence-electron chi connectivity index (χ2n) is 5.65. The van der Waals surface area contributed by atoms with Crippen LogP contribution >= 0.6 is 11.3 Å². The molecule has 1 atom stereocenters. The van der Waals surface area contributed by atoms with E-state index in [9.17, 15) is 9.59 Å². The number of ether oxygens (including phenoxy) is 1. The summed E-state index contributed by atoms with van der Waals surface area (Å²) in [4.78, 5) is 28.9. The fourth-order valence-electron chi connectivity index (χ4n) is 2.74. The van der Waals surface area contributed by atoms with Crippen LogP contribution in [0.4, 0.5) is 5.13 Å². The highest BCUT2D eigenvalue weighted by molar-refractivity contribution is 7.14. The second-order valence-corrected chi connectivity index (χ2v) is 6.51. The average Bonchev–Trinajstić information content (AvgIpc) is 3.11. The summed E-state index contributed by atoms with van der Waals surface area (Å²) in [6, 6.07) is 16.9. The summed E-state index contributed by atoms with van der Waals surface area (Å²) in [5.41, 5.74) is 3.12. The fourth-order valence-corrected chi connectivity index (χ4v) is 3.46. The largest absolute Gasteiger partial charge is 0.448 e. The molecule has 1 aromatic heterocycles. The average molecular weight is 350 g/mol. The maximum atomic E-state index is 12.4. The Hall–Kier alpha value is -2.99. The van der Waals surface area contributed by atoms with Crippen molar-refractivity contribution in [3.8, 4) is 11.3 Å². The number of carbonyl (C=O) groups is 2. The Kier molecular flexibility index (Phi) is 4.03. The molecule has 0 unspecified atom stereocenters. The summed E-state index contributed by atoms with van der Waals surface area (Å²) in [6.45, 7) is 0. The van der Waals surface area contributed by atoms with Gasteiger partial charge in [-0.2, -0.15) is 0 Å². The first kappa shape index (κ1) is 15.5. The Morgan fingerprint density at radius 2 is 1.88 bits per heavy atom. The number of nitrogens with zero attached hydrogens (tertiary/aromatic N) is 1. The van der Waals surface area contributed by atoms with Gasteiger partial charge in [-0.15, -0.1) is 11.3 Å². The Bertz CT molecular complexity index is 937. The molecule has 1 amide bonds. The topological polar surface area (TPSA) is 68.3 Å². The molecule has 0 spiro atoms. The van der Waals surface area contributed by atoms with Crippen molar-refractivity contribution in [1.82, 2.24) is 4.98 Å². The number of carbonyl (C=O) groups excluding carboxylic acids is 2. The van der Waals surface area contributed by atoms with Crippen molar-refractivity contribution in [2.45, 2.75) is 12.5 Å². The van der Waals surface area contributed by atoms with Gasteiger partial charge in [-0.25, -0.2) is 9.78 Å². The molecule has 4 rings (SSSR count). The number of nitrogens with one attached hydrogen (secondary N) is 1. The highest BCUT2D eigenvalue weighted by Gasteiger charge is 2.31. The van der Waals surface area contributed by atoms with Crippen molar-refractivity contribution in [3.05, 3.63) is 71.1 Å². The molecule has 0 bridgehead atoms. The van der Waals surface area contributed by atoms with Crippen LogP contribution in [0.15, 0.2) is 60.0 Å². The molecular formula is C19H14N2O3S. The first-order valence-corrected chi connectivity index (χ1v) is 8.69. The zero-order valence-corrected chi connectivity index (χ0v) is 14.0. The molecule has 124 valence electrons. The molecule has 6 heteroatoms. The molecule has 1 aliphatic rings. The van der Waals surface area contributed by atoms with E-state index in [0.29, 0.717) is 17.1 Å². The van der Waals surface area contributed by atoms with Crippen LogP contribution in [0.5, 0.6) is 0 Å². The monoisotopic (exact) mass is 350 g/mol. The van der Waals surface area contributed by atoms with Gasteiger partial charge in [-0.05, 0) is 11.6 Å². The fraction of sp³-hybridized carbons (Fsp3) is 0.105. The first-order valence-electron chi connectivity index (χ1n) is 7.81. The van der Waals surface area contributed by atoms with E-state index >= 15 is 0 Å². The van der Waals surface area contributed by atoms with E-state index < -0.39 is 12.1 Å². The lowest BCUT2D eigenvalue weighted by atomic mass is 9.98. The minimum atomic E-state index is -0.841. The lowest BCUT2D eigenvalue weighted by Crippen LogP contribution is -2.37. The summed E-state index contributed by atoms with van der Waals surface area (Å²) >= 11 is 1.34. The van der Waals surface area contributed by atoms with Gasteiger partial charge in [0, 0.05) is 17.4 Å². The predicted molar refractivity (Wildman–Crippen MR) is 95.5 cm³/mol. The number of cyclic esters (lactones) is 1. The quantitative estimate of drug-likeness (QED) is 0.734. The SMILES string of the molecule is O=C1O[C@@H](C(=O)Nc2nc(-c3ccccc3)cs2)Cc2ccccc21. The molecule has 0 saturated carbocycles. The molecule has 0 fully saturated rings. The first-order chi connectivity index (χ1) is 12.2. The molecule has 2 heterocycles. The third-order valence-corrected chi connectivity index (χ3v) is 4.75. The summed E-state index contributed by atoms with van der Waals surface area (Å²) in [5.74, 6) is -0.831. The van der Waals surface area contributed by atoms with E-state index in [4.69, 9.17) is 4.74 Å². The summed E-state index contributed by atoms with van der Waals surface area (Å²) in [6.07, 6.45) is -0.475. The van der Waals surface area contributed by atoms with Crippen molar-refractivity contribution < 1.29 is 14.3 Å². The van der Waals surface area contributed by atoms with Crippen molar-refractivity contribution in [3.63, 3.8) is 0 Å². The molecule has 0 aliphatic carbocycles. The van der Waals surface area contributed by atoms with Crippen LogP contribution < -0.4 is 5.32 Å². The number of benzene rings is 2. The predicted octanol–water partition coefficient (Wildman–Crippen LogP) is 3.53. The summed E-state index contributed by atoms with van der Waals surface area (Å²) in [7, 11) is 0. The Labute approximate surface area is 148 Å². The van der Waals surface area contributed by atoms with Gasteiger partial charge in [0.2, 0.25) is 0 Å². The van der Waals surface area contributed by atoms with E-state index in [2.05, 4.69) is 10.3 Å². The smallest absolute Gasteiger partial charge is 0.339 e. The van der Waals surface area contributed by atoms with Gasteiger partial charge in [0.25, 0.3) is 5.91 Å². The number of hydrogen-bond donors (Lipinski definition) is 1. The highest BCUT2D eigenvalue weighted by atomic mass is 32.1. The number of amides is 1. The molecule has 0 radical (unpaired) electrons. The van der Waals surface area contributed by atoms with Gasteiger partial charge in [-0.3, -0.25) is 10.1 Å². The van der Waals surface area contributed by atoms with E-state index in [1.54, 1.807) is 12.1 Å². The van der Waals surface area contributed by atoms with Crippen LogP contribution in [-0.4, -0.2) is 23.0 Å². The van der Waals surface area contributed by atoms with Gasteiger partial charge >= 0.3 is 5.97 Å².